The van der Waals surface area contributed by atoms with Gasteiger partial charge in [-0.1, -0.05) is 36.5 Å². The Morgan fingerprint density at radius 1 is 1.08 bits per heavy atom. The van der Waals surface area contributed by atoms with Crippen molar-refractivity contribution >= 4 is 33.8 Å². The van der Waals surface area contributed by atoms with E-state index in [0.29, 0.717) is 24.0 Å². The first-order chi connectivity index (χ1) is 18.4. The lowest BCUT2D eigenvalue weighted by molar-refractivity contribution is -0.143. The number of halogens is 6. The van der Waals surface area contributed by atoms with E-state index in [1.807, 2.05) is 36.4 Å². The number of nitrogens with one attached hydrogen (secondary N) is 1. The molecule has 2 unspecified atom stereocenters. The average Bonchev–Trinajstić information content (AvgIpc) is 2.90. The van der Waals surface area contributed by atoms with Gasteiger partial charge in [-0.15, -0.1) is 6.58 Å². The Bertz CT molecular complexity index is 1350. The van der Waals surface area contributed by atoms with Crippen LogP contribution in [0.4, 0.5) is 32.0 Å². The van der Waals surface area contributed by atoms with Crippen LogP contribution in [0, 0.1) is 11.8 Å². The molecule has 6 rings (SSSR count). The van der Waals surface area contributed by atoms with Crippen molar-refractivity contribution in [3.63, 3.8) is 0 Å². The number of piperidine rings is 3. The smallest absolute Gasteiger partial charge is 0.350 e. The Morgan fingerprint density at radius 2 is 1.77 bits per heavy atom. The quantitative estimate of drug-likeness (QED) is 0.186. The number of para-hydroxylation sites is 1. The molecule has 5 atom stereocenters. The predicted molar refractivity (Wildman–Crippen MR) is 144 cm³/mol. The molecule has 0 saturated carbocycles. The normalized spacial score (nSPS) is 23.9. The lowest BCUT2D eigenvalue weighted by atomic mass is 9.70. The summed E-state index contributed by atoms with van der Waals surface area (Å²) in [6.07, 6.45) is -3.92. The topological polar surface area (TPSA) is 28.2 Å². The van der Waals surface area contributed by atoms with Crippen LogP contribution in [0.25, 0.3) is 10.9 Å². The van der Waals surface area contributed by atoms with Gasteiger partial charge in [0, 0.05) is 42.2 Å². The van der Waals surface area contributed by atoms with Crippen molar-refractivity contribution < 1.29 is 26.3 Å². The number of alkyl halides is 6. The number of nitrogens with zero attached hydrogens (tertiary/aromatic N) is 2. The Labute approximate surface area is 227 Å². The lowest BCUT2D eigenvalue weighted by Crippen LogP contribution is -2.55. The van der Waals surface area contributed by atoms with Gasteiger partial charge >= 0.3 is 12.4 Å². The number of rotatable bonds is 6. The molecule has 3 aromatic rings. The Hall–Kier alpha value is -2.98. The number of fused-ring (bicyclic) bond motifs is 4. The van der Waals surface area contributed by atoms with Gasteiger partial charge in [0.15, 0.2) is 0 Å². The molecule has 4 heterocycles. The standard InChI is InChI=1S/C29H27F6N3S/c1-2-17-16-38-10-8-18(17)11-26(38)24(22-7-9-36-25-6-4-3-5-23(22)25)15-27(39)37-21-13-19(28(30,31)32)12-20(14-21)29(33,34)35/h2-7,9,12-14,17-18,24,26H,1,8,10-11,15-16H2,(H,37,39)/t17-,18?,24-,26-/m0/s1. The molecule has 2 bridgehead atoms. The summed E-state index contributed by atoms with van der Waals surface area (Å²) < 4.78 is 80.4. The van der Waals surface area contributed by atoms with E-state index in [-0.39, 0.29) is 35.1 Å². The minimum atomic E-state index is -4.94. The molecule has 2 aromatic carbocycles. The highest BCUT2D eigenvalue weighted by Crippen LogP contribution is 2.44. The minimum Gasteiger partial charge on any atom is -0.350 e. The molecule has 0 radical (unpaired) electrons. The van der Waals surface area contributed by atoms with E-state index in [0.717, 1.165) is 42.4 Å². The molecule has 3 aliphatic heterocycles. The Balaban J connectivity index is 1.48. The first kappa shape index (κ1) is 27.6. The second-order valence-corrected chi connectivity index (χ2v) is 10.8. The molecule has 1 N–H and O–H groups in total. The van der Waals surface area contributed by atoms with Crippen LogP contribution >= 0.6 is 12.2 Å². The maximum absolute atomic E-state index is 13.4. The maximum Gasteiger partial charge on any atom is 0.416 e. The zero-order valence-electron chi connectivity index (χ0n) is 20.9. The number of hydrogen-bond donors (Lipinski definition) is 1. The molecular formula is C29H27F6N3S. The molecule has 206 valence electrons. The SMILES string of the molecule is C=C[C@H]1CN2CCC1C[C@H]2[C@@H](CC(=S)Nc1cc(C(F)(F)F)cc(C(F)(F)F)c1)c1ccnc2ccccc12. The van der Waals surface area contributed by atoms with Gasteiger partial charge in [0.05, 0.1) is 21.6 Å². The van der Waals surface area contributed by atoms with E-state index in [1.165, 1.54) is 0 Å². The molecule has 3 aliphatic rings. The summed E-state index contributed by atoms with van der Waals surface area (Å²) in [5.74, 6) is 0.715. The van der Waals surface area contributed by atoms with E-state index >= 15 is 0 Å². The highest BCUT2D eigenvalue weighted by molar-refractivity contribution is 7.80. The fourth-order valence-electron chi connectivity index (χ4n) is 6.13. The number of benzene rings is 2. The van der Waals surface area contributed by atoms with Crippen molar-refractivity contribution in [3.8, 4) is 0 Å². The second-order valence-electron chi connectivity index (χ2n) is 10.3. The summed E-state index contributed by atoms with van der Waals surface area (Å²) in [5, 5.41) is 3.65. The number of thiocarbonyl (C=S) groups is 1. The molecule has 0 spiro atoms. The van der Waals surface area contributed by atoms with Crippen LogP contribution in [0.1, 0.15) is 41.9 Å². The summed E-state index contributed by atoms with van der Waals surface area (Å²) in [4.78, 5) is 7.06. The van der Waals surface area contributed by atoms with Gasteiger partial charge in [-0.25, -0.2) is 0 Å². The predicted octanol–water partition coefficient (Wildman–Crippen LogP) is 8.08. The van der Waals surface area contributed by atoms with Crippen LogP contribution in [-0.2, 0) is 12.4 Å². The Kier molecular flexibility index (Phi) is 7.45. The maximum atomic E-state index is 13.4. The molecule has 0 aliphatic carbocycles. The first-order valence-corrected chi connectivity index (χ1v) is 13.1. The largest absolute Gasteiger partial charge is 0.416 e. The highest BCUT2D eigenvalue weighted by Gasteiger charge is 2.43. The summed E-state index contributed by atoms with van der Waals surface area (Å²) in [6.45, 7) is 5.77. The van der Waals surface area contributed by atoms with Gasteiger partial charge < -0.3 is 5.32 Å². The fourth-order valence-corrected chi connectivity index (χ4v) is 6.43. The van der Waals surface area contributed by atoms with Gasteiger partial charge in [-0.3, -0.25) is 9.88 Å². The molecular weight excluding hydrogens is 536 g/mol. The number of aromatic nitrogens is 1. The van der Waals surface area contributed by atoms with Crippen molar-refractivity contribution in [2.24, 2.45) is 11.8 Å². The molecule has 3 saturated heterocycles. The molecule has 3 fully saturated rings. The Morgan fingerprint density at radius 3 is 2.38 bits per heavy atom. The van der Waals surface area contributed by atoms with E-state index in [4.69, 9.17) is 12.2 Å². The van der Waals surface area contributed by atoms with Crippen LogP contribution in [0.15, 0.2) is 67.4 Å². The first-order valence-electron chi connectivity index (χ1n) is 12.7. The summed E-state index contributed by atoms with van der Waals surface area (Å²) in [6, 6.07) is 11.2. The lowest BCUT2D eigenvalue weighted by Gasteiger charge is -2.52. The van der Waals surface area contributed by atoms with E-state index in [9.17, 15) is 26.3 Å². The van der Waals surface area contributed by atoms with Crippen molar-refractivity contribution in [3.05, 3.63) is 84.1 Å². The van der Waals surface area contributed by atoms with Crippen LogP contribution < -0.4 is 5.32 Å². The average molecular weight is 564 g/mol. The zero-order valence-corrected chi connectivity index (χ0v) is 21.7. The highest BCUT2D eigenvalue weighted by atomic mass is 32.1. The van der Waals surface area contributed by atoms with Crippen LogP contribution in [0.5, 0.6) is 0 Å². The third-order valence-electron chi connectivity index (χ3n) is 7.98. The van der Waals surface area contributed by atoms with Crippen molar-refractivity contribution in [2.75, 3.05) is 18.4 Å². The summed E-state index contributed by atoms with van der Waals surface area (Å²) in [5.41, 5.74) is -1.28. The molecule has 0 amide bonds. The van der Waals surface area contributed by atoms with Gasteiger partial charge in [-0.2, -0.15) is 26.3 Å². The molecule has 1 aromatic heterocycles. The number of anilines is 1. The van der Waals surface area contributed by atoms with Gasteiger partial charge in [0.25, 0.3) is 0 Å². The second kappa shape index (κ2) is 10.5. The summed E-state index contributed by atoms with van der Waals surface area (Å²) >= 11 is 5.59. The van der Waals surface area contributed by atoms with E-state index in [1.54, 1.807) is 6.20 Å². The van der Waals surface area contributed by atoms with E-state index < -0.39 is 23.5 Å². The van der Waals surface area contributed by atoms with Gasteiger partial charge in [0.1, 0.15) is 0 Å². The molecule has 39 heavy (non-hydrogen) atoms. The van der Waals surface area contributed by atoms with Gasteiger partial charge in [0.2, 0.25) is 0 Å². The monoisotopic (exact) mass is 563 g/mol. The fraction of sp³-hybridized carbons (Fsp3) is 0.379. The van der Waals surface area contributed by atoms with E-state index in [2.05, 4.69) is 21.8 Å². The zero-order chi connectivity index (χ0) is 27.9. The van der Waals surface area contributed by atoms with Crippen molar-refractivity contribution in [1.29, 1.82) is 0 Å². The van der Waals surface area contributed by atoms with Crippen molar-refractivity contribution in [1.82, 2.24) is 9.88 Å². The molecule has 10 heteroatoms. The number of pyridine rings is 1. The molecule has 3 nitrogen and oxygen atoms in total. The van der Waals surface area contributed by atoms with Crippen LogP contribution in [-0.4, -0.2) is 34.0 Å². The number of hydrogen-bond acceptors (Lipinski definition) is 3. The third kappa shape index (κ3) is 5.82. The minimum absolute atomic E-state index is 0.109. The van der Waals surface area contributed by atoms with Crippen LogP contribution in [0.3, 0.4) is 0 Å². The third-order valence-corrected chi connectivity index (χ3v) is 8.25. The summed E-state index contributed by atoms with van der Waals surface area (Å²) in [7, 11) is 0. The van der Waals surface area contributed by atoms with Gasteiger partial charge in [-0.05, 0) is 67.1 Å². The van der Waals surface area contributed by atoms with Crippen LogP contribution in [0.2, 0.25) is 0 Å². The van der Waals surface area contributed by atoms with Crippen molar-refractivity contribution in [2.45, 2.75) is 43.6 Å².